The summed E-state index contributed by atoms with van der Waals surface area (Å²) in [6.07, 6.45) is 0.837. The second kappa shape index (κ2) is 12.1. The Bertz CT molecular complexity index is 1840. The van der Waals surface area contributed by atoms with Gasteiger partial charge in [-0.25, -0.2) is 4.79 Å². The van der Waals surface area contributed by atoms with Crippen molar-refractivity contribution in [3.63, 3.8) is 0 Å². The number of hydrogen-bond donors (Lipinski definition) is 4. The maximum absolute atomic E-state index is 14.0. The van der Waals surface area contributed by atoms with E-state index in [0.717, 1.165) is 36.2 Å². The summed E-state index contributed by atoms with van der Waals surface area (Å²) in [6, 6.07) is 10.4. The second-order valence-electron chi connectivity index (χ2n) is 13.1. The van der Waals surface area contributed by atoms with E-state index in [1.165, 1.54) is 12.1 Å². The Hall–Kier alpha value is -3.62. The minimum absolute atomic E-state index is 0.0256. The summed E-state index contributed by atoms with van der Waals surface area (Å²) < 4.78 is 6.89. The van der Waals surface area contributed by atoms with Crippen LogP contribution in [0.5, 0.6) is 11.5 Å². The molecule has 2 aromatic carbocycles. The molecule has 2 aliphatic carbocycles. The Balaban J connectivity index is 1.23. The van der Waals surface area contributed by atoms with Crippen molar-refractivity contribution in [1.29, 1.82) is 0 Å². The highest BCUT2D eigenvalue weighted by molar-refractivity contribution is 9.10. The SMILES string of the molecule is CC(C)CC(C(=O)O)N1C(=O)C2C3CC(C2C1=O)C1C3Sc2[nH]c(=O)sc2[C@@H]1c1cc(Br)ccc1OCC(=O)Nc1ccc(O)cc1. The number of imide groups is 1. The van der Waals surface area contributed by atoms with Crippen LogP contribution in [0.3, 0.4) is 0 Å². The molecule has 7 unspecified atom stereocenters. The highest BCUT2D eigenvalue weighted by atomic mass is 79.9. The molecule has 3 amide bonds. The fourth-order valence-electron chi connectivity index (χ4n) is 8.24. The summed E-state index contributed by atoms with van der Waals surface area (Å²) in [4.78, 5) is 70.4. The molecule has 11 nitrogen and oxygen atoms in total. The number of anilines is 1. The average molecular weight is 743 g/mol. The van der Waals surface area contributed by atoms with Crippen molar-refractivity contribution in [1.82, 2.24) is 9.88 Å². The zero-order valence-electron chi connectivity index (χ0n) is 25.3. The second-order valence-corrected chi connectivity index (χ2v) is 16.2. The number of fused-ring (bicyclic) bond motifs is 9. The monoisotopic (exact) mass is 741 g/mol. The number of aromatic hydroxyl groups is 1. The number of aromatic amines is 1. The lowest BCUT2D eigenvalue weighted by molar-refractivity contribution is -0.156. The van der Waals surface area contributed by atoms with Gasteiger partial charge >= 0.3 is 10.8 Å². The molecule has 1 aromatic heterocycles. The third kappa shape index (κ3) is 5.47. The summed E-state index contributed by atoms with van der Waals surface area (Å²) in [5.74, 6) is -3.99. The number of thiazole rings is 1. The number of nitrogens with one attached hydrogen (secondary N) is 2. The van der Waals surface area contributed by atoms with Gasteiger partial charge in [-0.3, -0.25) is 24.1 Å². The molecule has 4 aliphatic rings. The number of aliphatic carboxylic acids is 1. The molecule has 0 radical (unpaired) electrons. The summed E-state index contributed by atoms with van der Waals surface area (Å²) in [5, 5.41) is 23.0. The number of hydrogen-bond acceptors (Lipinski definition) is 9. The van der Waals surface area contributed by atoms with Gasteiger partial charge in [0.05, 0.1) is 16.9 Å². The third-order valence-electron chi connectivity index (χ3n) is 9.87. The molecule has 3 fully saturated rings. The number of rotatable bonds is 9. The molecule has 47 heavy (non-hydrogen) atoms. The number of carbonyl (C=O) groups excluding carboxylic acids is 3. The van der Waals surface area contributed by atoms with Gasteiger partial charge in [0.15, 0.2) is 6.61 Å². The first-order chi connectivity index (χ1) is 22.4. The first kappa shape index (κ1) is 32.0. The maximum Gasteiger partial charge on any atom is 0.326 e. The largest absolute Gasteiger partial charge is 0.508 e. The van der Waals surface area contributed by atoms with Crippen molar-refractivity contribution >= 4 is 68.4 Å². The Kier molecular flexibility index (Phi) is 8.24. The van der Waals surface area contributed by atoms with Crippen molar-refractivity contribution in [3.8, 4) is 11.5 Å². The van der Waals surface area contributed by atoms with Crippen LogP contribution in [-0.4, -0.2) is 61.7 Å². The van der Waals surface area contributed by atoms with Gasteiger partial charge in [-0.2, -0.15) is 0 Å². The first-order valence-corrected chi connectivity index (χ1v) is 17.9. The number of ether oxygens (including phenoxy) is 1. The van der Waals surface area contributed by atoms with Crippen molar-refractivity contribution in [2.75, 3.05) is 11.9 Å². The third-order valence-corrected chi connectivity index (χ3v) is 12.9. The number of phenolic OH excluding ortho intramolecular Hbond substituents is 1. The molecule has 0 spiro atoms. The van der Waals surface area contributed by atoms with Crippen LogP contribution in [0.2, 0.25) is 0 Å². The van der Waals surface area contributed by atoms with Gasteiger partial charge in [0, 0.05) is 31.8 Å². The summed E-state index contributed by atoms with van der Waals surface area (Å²) in [5.41, 5.74) is 1.26. The summed E-state index contributed by atoms with van der Waals surface area (Å²) >= 11 is 6.24. The smallest absolute Gasteiger partial charge is 0.326 e. The van der Waals surface area contributed by atoms with Crippen LogP contribution >= 0.6 is 39.0 Å². The number of benzene rings is 2. The quantitative estimate of drug-likeness (QED) is 0.176. The standard InChI is InChI=1S/C33H32BrN3O8S2/c1-13(2)9-20(32(42)43)37-30(40)25-18-11-19(26(25)31(37)41)27-24(18)23(28-29(46-27)36-33(44)47-28)17-10-14(34)3-8-21(17)45-12-22(39)35-15-4-6-16(38)7-5-15/h3-8,10,13,18-20,23-27,38H,9,11-12H2,1-2H3,(H,35,39)(H,36,44)(H,42,43)/t18?,19?,20?,23-,24?,25?,26?,27?/m1/s1. The van der Waals surface area contributed by atoms with E-state index in [4.69, 9.17) is 4.74 Å². The number of nitrogens with zero attached hydrogens (tertiary/aromatic N) is 1. The normalized spacial score (nSPS) is 27.8. The minimum atomic E-state index is -1.21. The van der Waals surface area contributed by atoms with Gasteiger partial charge in [0.25, 0.3) is 5.91 Å². The van der Waals surface area contributed by atoms with E-state index < -0.39 is 41.6 Å². The van der Waals surface area contributed by atoms with E-state index in [9.17, 15) is 34.2 Å². The van der Waals surface area contributed by atoms with E-state index in [1.54, 1.807) is 36.0 Å². The van der Waals surface area contributed by atoms with Crippen molar-refractivity contribution in [3.05, 3.63) is 67.0 Å². The Morgan fingerprint density at radius 3 is 2.47 bits per heavy atom. The van der Waals surface area contributed by atoms with Gasteiger partial charge in [-0.15, -0.1) is 11.8 Å². The maximum atomic E-state index is 14.0. The Labute approximate surface area is 286 Å². The van der Waals surface area contributed by atoms with Crippen molar-refractivity contribution in [2.24, 2.45) is 35.5 Å². The topological polar surface area (TPSA) is 166 Å². The molecule has 1 saturated heterocycles. The molecular formula is C33H32BrN3O8S2. The number of likely N-dealkylation sites (tertiary alicyclic amines) is 1. The summed E-state index contributed by atoms with van der Waals surface area (Å²) in [7, 11) is 0. The number of thioether (sulfide) groups is 1. The highest BCUT2D eigenvalue weighted by Gasteiger charge is 2.70. The van der Waals surface area contributed by atoms with Gasteiger partial charge in [-0.05, 0) is 79.0 Å². The molecule has 14 heteroatoms. The van der Waals surface area contributed by atoms with Gasteiger partial charge in [0.1, 0.15) is 17.5 Å². The molecule has 246 valence electrons. The number of halogens is 1. The van der Waals surface area contributed by atoms with Gasteiger partial charge in [0.2, 0.25) is 11.8 Å². The number of carbonyl (C=O) groups is 4. The predicted octanol–water partition coefficient (Wildman–Crippen LogP) is 4.89. The van der Waals surface area contributed by atoms with Crippen molar-refractivity contribution in [2.45, 2.75) is 48.9 Å². The Morgan fingerprint density at radius 2 is 1.79 bits per heavy atom. The van der Waals surface area contributed by atoms with Crippen LogP contribution in [0.15, 0.2) is 56.8 Å². The van der Waals surface area contributed by atoms with Crippen LogP contribution < -0.4 is 14.9 Å². The zero-order valence-corrected chi connectivity index (χ0v) is 28.6. The number of aromatic nitrogens is 1. The number of amides is 3. The van der Waals surface area contributed by atoms with Crippen molar-refractivity contribution < 1.29 is 34.1 Å². The molecule has 2 aliphatic heterocycles. The first-order valence-electron chi connectivity index (χ1n) is 15.4. The van der Waals surface area contributed by atoms with Crippen LogP contribution in [0.25, 0.3) is 0 Å². The summed E-state index contributed by atoms with van der Waals surface area (Å²) in [6.45, 7) is 3.44. The molecule has 2 saturated carbocycles. The number of carboxylic acid groups (broad SMARTS) is 1. The van der Waals surface area contributed by atoms with E-state index in [2.05, 4.69) is 26.2 Å². The lowest BCUT2D eigenvalue weighted by Crippen LogP contribution is -2.47. The molecule has 3 heterocycles. The predicted molar refractivity (Wildman–Crippen MR) is 178 cm³/mol. The van der Waals surface area contributed by atoms with Crippen LogP contribution in [-0.2, 0) is 19.2 Å². The minimum Gasteiger partial charge on any atom is -0.508 e. The number of H-pyrrole nitrogens is 1. The molecule has 2 bridgehead atoms. The van der Waals surface area contributed by atoms with E-state index in [-0.39, 0.29) is 58.5 Å². The molecule has 7 rings (SSSR count). The van der Waals surface area contributed by atoms with Crippen LogP contribution in [0.1, 0.15) is 43.0 Å². The van der Waals surface area contributed by atoms with Crippen LogP contribution in [0.4, 0.5) is 5.69 Å². The fourth-order valence-corrected chi connectivity index (χ4v) is 11.5. The average Bonchev–Trinajstić information content (AvgIpc) is 3.75. The molecule has 3 aromatic rings. The lowest BCUT2D eigenvalue weighted by atomic mass is 9.68. The van der Waals surface area contributed by atoms with E-state index >= 15 is 0 Å². The molecule has 8 atom stereocenters. The zero-order chi connectivity index (χ0) is 33.3. The van der Waals surface area contributed by atoms with Crippen LogP contribution in [0, 0.1) is 35.5 Å². The molecule has 4 N–H and O–H groups in total. The van der Waals surface area contributed by atoms with Gasteiger partial charge in [-0.1, -0.05) is 41.1 Å². The lowest BCUT2D eigenvalue weighted by Gasteiger charge is -2.43. The van der Waals surface area contributed by atoms with Gasteiger partial charge < -0.3 is 25.3 Å². The molecular weight excluding hydrogens is 710 g/mol. The number of phenols is 1. The van der Waals surface area contributed by atoms with E-state index in [0.29, 0.717) is 17.9 Å². The number of carboxylic acids is 1. The van der Waals surface area contributed by atoms with E-state index in [1.807, 2.05) is 19.9 Å². The Morgan fingerprint density at radius 1 is 1.09 bits per heavy atom. The highest BCUT2D eigenvalue weighted by Crippen LogP contribution is 2.69. The fraction of sp³-hybridized carbons (Fsp3) is 0.424.